The third-order valence-corrected chi connectivity index (χ3v) is 5.97. The van der Waals surface area contributed by atoms with Gasteiger partial charge in [0.25, 0.3) is 0 Å². The van der Waals surface area contributed by atoms with Crippen molar-refractivity contribution in [3.05, 3.63) is 0 Å². The Labute approximate surface area is 127 Å². The summed E-state index contributed by atoms with van der Waals surface area (Å²) in [6, 6.07) is 0. The van der Waals surface area contributed by atoms with E-state index in [1.54, 1.807) is 6.42 Å². The minimum Gasteiger partial charge on any atom is -0.330 e. The molecule has 0 amide bonds. The van der Waals surface area contributed by atoms with Crippen molar-refractivity contribution in [2.24, 2.45) is 23.5 Å². The lowest BCUT2D eigenvalue weighted by Crippen LogP contribution is -2.06. The topological polar surface area (TPSA) is 26.0 Å². The van der Waals surface area contributed by atoms with E-state index in [1.165, 1.54) is 89.9 Å². The Morgan fingerprint density at radius 2 is 0.950 bits per heavy atom. The van der Waals surface area contributed by atoms with Crippen LogP contribution in [0.3, 0.4) is 0 Å². The fourth-order valence-electron chi connectivity index (χ4n) is 4.60. The Bertz CT molecular complexity index is 232. The average molecular weight is 280 g/mol. The molecule has 0 spiro atoms. The highest BCUT2D eigenvalue weighted by Crippen LogP contribution is 2.34. The normalized spacial score (nSPS) is 29.9. The summed E-state index contributed by atoms with van der Waals surface area (Å²) in [6.45, 7) is 0.889. The van der Waals surface area contributed by atoms with Crippen LogP contribution < -0.4 is 5.73 Å². The van der Waals surface area contributed by atoms with E-state index in [4.69, 9.17) is 5.73 Å². The van der Waals surface area contributed by atoms with Gasteiger partial charge in [-0.15, -0.1) is 0 Å². The summed E-state index contributed by atoms with van der Waals surface area (Å²) < 4.78 is 0. The predicted octanol–water partition coefficient (Wildman–Crippen LogP) is 5.67. The minimum absolute atomic E-state index is 0.889. The maximum atomic E-state index is 5.67. The van der Waals surface area contributed by atoms with Gasteiger partial charge in [0.2, 0.25) is 0 Å². The first-order valence-corrected chi connectivity index (χ1v) is 9.58. The minimum atomic E-state index is 0.889. The second-order valence-electron chi connectivity index (χ2n) is 7.61. The van der Waals surface area contributed by atoms with E-state index < -0.39 is 0 Å². The van der Waals surface area contributed by atoms with Crippen LogP contribution in [-0.4, -0.2) is 6.54 Å². The molecule has 2 fully saturated rings. The van der Waals surface area contributed by atoms with E-state index in [-0.39, 0.29) is 0 Å². The van der Waals surface area contributed by atoms with E-state index >= 15 is 0 Å². The predicted molar refractivity (Wildman–Crippen MR) is 88.8 cm³/mol. The largest absolute Gasteiger partial charge is 0.330 e. The van der Waals surface area contributed by atoms with Gasteiger partial charge in [0.1, 0.15) is 0 Å². The SMILES string of the molecule is NCCCC1CCCCC(CCC2CCCC2)CCC1. The summed E-state index contributed by atoms with van der Waals surface area (Å²) in [4.78, 5) is 0. The molecule has 1 heteroatoms. The Kier molecular flexibility index (Phi) is 8.02. The van der Waals surface area contributed by atoms with Crippen molar-refractivity contribution >= 4 is 0 Å². The monoisotopic (exact) mass is 279 g/mol. The van der Waals surface area contributed by atoms with Gasteiger partial charge in [0.05, 0.1) is 0 Å². The molecular formula is C19H37N. The molecule has 0 aromatic rings. The molecule has 0 aromatic carbocycles. The lowest BCUT2D eigenvalue weighted by molar-refractivity contribution is 0.345. The highest BCUT2D eigenvalue weighted by Gasteiger charge is 2.19. The van der Waals surface area contributed by atoms with Crippen molar-refractivity contribution < 1.29 is 0 Å². The molecule has 0 aliphatic heterocycles. The molecule has 2 saturated carbocycles. The van der Waals surface area contributed by atoms with E-state index in [0.717, 1.165) is 24.3 Å². The molecule has 20 heavy (non-hydrogen) atoms. The van der Waals surface area contributed by atoms with E-state index in [2.05, 4.69) is 0 Å². The van der Waals surface area contributed by atoms with Gasteiger partial charge in [-0.05, 0) is 37.1 Å². The van der Waals surface area contributed by atoms with Gasteiger partial charge in [0, 0.05) is 0 Å². The van der Waals surface area contributed by atoms with Crippen LogP contribution in [0.15, 0.2) is 0 Å². The van der Waals surface area contributed by atoms with Gasteiger partial charge in [-0.25, -0.2) is 0 Å². The maximum absolute atomic E-state index is 5.67. The van der Waals surface area contributed by atoms with Gasteiger partial charge >= 0.3 is 0 Å². The first kappa shape index (κ1) is 16.3. The Morgan fingerprint density at radius 3 is 1.40 bits per heavy atom. The lowest BCUT2D eigenvalue weighted by Gasteiger charge is -2.18. The molecule has 2 aliphatic carbocycles. The van der Waals surface area contributed by atoms with Crippen LogP contribution in [0, 0.1) is 17.8 Å². The fourth-order valence-corrected chi connectivity index (χ4v) is 4.60. The van der Waals surface area contributed by atoms with Crippen molar-refractivity contribution in [1.29, 1.82) is 0 Å². The van der Waals surface area contributed by atoms with Crippen molar-refractivity contribution in [1.82, 2.24) is 0 Å². The molecule has 0 aromatic heterocycles. The summed E-state index contributed by atoms with van der Waals surface area (Å²) >= 11 is 0. The second-order valence-corrected chi connectivity index (χ2v) is 7.61. The van der Waals surface area contributed by atoms with E-state index in [0.29, 0.717) is 0 Å². The maximum Gasteiger partial charge on any atom is -0.00772 e. The summed E-state index contributed by atoms with van der Waals surface area (Å²) in [6.07, 6.45) is 22.3. The third-order valence-electron chi connectivity index (χ3n) is 5.97. The molecule has 2 aliphatic rings. The van der Waals surface area contributed by atoms with Gasteiger partial charge < -0.3 is 5.73 Å². The first-order chi connectivity index (χ1) is 9.88. The van der Waals surface area contributed by atoms with Crippen LogP contribution in [0.25, 0.3) is 0 Å². The van der Waals surface area contributed by atoms with Crippen LogP contribution in [0.2, 0.25) is 0 Å². The molecule has 2 atom stereocenters. The number of hydrogen-bond acceptors (Lipinski definition) is 1. The standard InChI is InChI=1S/C19H37N/c20-16-6-13-17-7-1-2-10-19(12-5-11-17)15-14-18-8-3-4-9-18/h17-19H,1-16,20H2. The highest BCUT2D eigenvalue weighted by molar-refractivity contribution is 4.72. The zero-order valence-electron chi connectivity index (χ0n) is 13.6. The van der Waals surface area contributed by atoms with Gasteiger partial charge in [-0.1, -0.05) is 83.5 Å². The molecular weight excluding hydrogens is 242 g/mol. The van der Waals surface area contributed by atoms with Crippen LogP contribution >= 0.6 is 0 Å². The molecule has 0 radical (unpaired) electrons. The van der Waals surface area contributed by atoms with Crippen molar-refractivity contribution in [2.75, 3.05) is 6.54 Å². The molecule has 0 heterocycles. The van der Waals surface area contributed by atoms with Crippen LogP contribution in [-0.2, 0) is 0 Å². The van der Waals surface area contributed by atoms with Gasteiger partial charge in [-0.2, -0.15) is 0 Å². The van der Waals surface area contributed by atoms with Crippen molar-refractivity contribution in [2.45, 2.75) is 96.3 Å². The molecule has 2 unspecified atom stereocenters. The summed E-state index contributed by atoms with van der Waals surface area (Å²) in [7, 11) is 0. The number of hydrogen-bond donors (Lipinski definition) is 1. The Morgan fingerprint density at radius 1 is 0.550 bits per heavy atom. The smallest absolute Gasteiger partial charge is 0.00772 e. The summed E-state index contributed by atoms with van der Waals surface area (Å²) in [5.41, 5.74) is 5.67. The van der Waals surface area contributed by atoms with Crippen molar-refractivity contribution in [3.8, 4) is 0 Å². The van der Waals surface area contributed by atoms with Gasteiger partial charge in [0.15, 0.2) is 0 Å². The Hall–Kier alpha value is -0.0400. The second kappa shape index (κ2) is 9.82. The average Bonchev–Trinajstić information content (AvgIpc) is 3.00. The molecule has 0 bridgehead atoms. The summed E-state index contributed by atoms with van der Waals surface area (Å²) in [5.74, 6) is 3.15. The van der Waals surface area contributed by atoms with Crippen LogP contribution in [0.1, 0.15) is 96.3 Å². The molecule has 2 N–H and O–H groups in total. The van der Waals surface area contributed by atoms with E-state index in [1.807, 2.05) is 0 Å². The molecule has 0 saturated heterocycles. The lowest BCUT2D eigenvalue weighted by atomic mass is 9.88. The third kappa shape index (κ3) is 6.16. The van der Waals surface area contributed by atoms with E-state index in [9.17, 15) is 0 Å². The zero-order valence-corrected chi connectivity index (χ0v) is 13.6. The fraction of sp³-hybridized carbons (Fsp3) is 1.00. The van der Waals surface area contributed by atoms with Crippen LogP contribution in [0.5, 0.6) is 0 Å². The first-order valence-electron chi connectivity index (χ1n) is 9.58. The van der Waals surface area contributed by atoms with Crippen molar-refractivity contribution in [3.63, 3.8) is 0 Å². The quantitative estimate of drug-likeness (QED) is 0.666. The molecule has 118 valence electrons. The number of rotatable bonds is 6. The number of nitrogens with two attached hydrogens (primary N) is 1. The van der Waals surface area contributed by atoms with Gasteiger partial charge in [-0.3, -0.25) is 0 Å². The van der Waals surface area contributed by atoms with Crippen LogP contribution in [0.4, 0.5) is 0 Å². The summed E-state index contributed by atoms with van der Waals surface area (Å²) in [5, 5.41) is 0. The molecule has 2 rings (SSSR count). The zero-order chi connectivity index (χ0) is 14.0. The molecule has 1 nitrogen and oxygen atoms in total. The Balaban J connectivity index is 1.65. The highest BCUT2D eigenvalue weighted by atomic mass is 14.5.